The fourth-order valence-electron chi connectivity index (χ4n) is 3.47. The summed E-state index contributed by atoms with van der Waals surface area (Å²) >= 11 is 1.49. The molecule has 1 aliphatic carbocycles. The van der Waals surface area contributed by atoms with Crippen molar-refractivity contribution in [2.75, 3.05) is 7.11 Å². The van der Waals surface area contributed by atoms with Crippen molar-refractivity contribution in [1.82, 2.24) is 19.7 Å². The molecule has 3 aromatic rings. The number of carbonyl (C=O) groups is 1. The number of aliphatic hydroxyl groups is 1. The maximum Gasteiger partial charge on any atom is 0.270 e. The SMILES string of the molecule is COc1cncc([C@H](NC(=O)c2c(C)nc3sccn23)C2CC(O)C2)c1. The van der Waals surface area contributed by atoms with E-state index in [2.05, 4.69) is 15.3 Å². The fraction of sp³-hybridized carbons (Fsp3) is 0.389. The average molecular weight is 372 g/mol. The zero-order chi connectivity index (χ0) is 18.3. The predicted octanol–water partition coefficient (Wildman–Crippen LogP) is 2.35. The number of hydrogen-bond acceptors (Lipinski definition) is 6. The summed E-state index contributed by atoms with van der Waals surface area (Å²) in [6.07, 6.45) is 6.22. The number of nitrogens with zero attached hydrogens (tertiary/aromatic N) is 3. The van der Waals surface area contributed by atoms with Crippen molar-refractivity contribution < 1.29 is 14.6 Å². The third-order valence-corrected chi connectivity index (χ3v) is 5.64. The normalized spacial score (nSPS) is 20.6. The summed E-state index contributed by atoms with van der Waals surface area (Å²) in [7, 11) is 1.59. The number of aromatic nitrogens is 3. The third-order valence-electron chi connectivity index (χ3n) is 4.89. The van der Waals surface area contributed by atoms with Crippen molar-refractivity contribution >= 4 is 22.2 Å². The van der Waals surface area contributed by atoms with Crippen molar-refractivity contribution in [3.05, 3.63) is 47.0 Å². The molecule has 4 rings (SSSR count). The van der Waals surface area contributed by atoms with Crippen LogP contribution in [-0.4, -0.2) is 38.6 Å². The molecule has 1 saturated carbocycles. The van der Waals surface area contributed by atoms with E-state index in [1.54, 1.807) is 19.5 Å². The molecular weight excluding hydrogens is 352 g/mol. The average Bonchev–Trinajstić information content (AvgIpc) is 3.17. The predicted molar refractivity (Wildman–Crippen MR) is 97.5 cm³/mol. The van der Waals surface area contributed by atoms with Gasteiger partial charge in [-0.15, -0.1) is 11.3 Å². The zero-order valence-electron chi connectivity index (χ0n) is 14.5. The second kappa shape index (κ2) is 6.69. The number of ether oxygens (including phenoxy) is 1. The van der Waals surface area contributed by atoms with Crippen molar-refractivity contribution in [2.24, 2.45) is 5.92 Å². The van der Waals surface area contributed by atoms with Gasteiger partial charge in [0.25, 0.3) is 5.91 Å². The number of nitrogens with one attached hydrogen (secondary N) is 1. The van der Waals surface area contributed by atoms with Crippen LogP contribution < -0.4 is 10.1 Å². The van der Waals surface area contributed by atoms with Crippen LogP contribution in [-0.2, 0) is 0 Å². The van der Waals surface area contributed by atoms with Crippen molar-refractivity contribution in [3.63, 3.8) is 0 Å². The number of pyridine rings is 1. The quantitative estimate of drug-likeness (QED) is 0.718. The summed E-state index contributed by atoms with van der Waals surface area (Å²) in [5.74, 6) is 0.624. The monoisotopic (exact) mass is 372 g/mol. The Morgan fingerprint density at radius 2 is 2.27 bits per heavy atom. The summed E-state index contributed by atoms with van der Waals surface area (Å²) in [6.45, 7) is 1.84. The minimum Gasteiger partial charge on any atom is -0.495 e. The molecule has 0 radical (unpaired) electrons. The van der Waals surface area contributed by atoms with Crippen LogP contribution in [0.2, 0.25) is 0 Å². The lowest BCUT2D eigenvalue weighted by Crippen LogP contribution is -2.41. The van der Waals surface area contributed by atoms with Crippen LogP contribution in [0.5, 0.6) is 5.75 Å². The van der Waals surface area contributed by atoms with Gasteiger partial charge in [-0.05, 0) is 37.3 Å². The molecular formula is C18H20N4O3S. The van der Waals surface area contributed by atoms with E-state index in [1.807, 2.05) is 29.0 Å². The van der Waals surface area contributed by atoms with E-state index in [-0.39, 0.29) is 24.0 Å². The van der Waals surface area contributed by atoms with Gasteiger partial charge in [-0.3, -0.25) is 14.2 Å². The number of hydrogen-bond donors (Lipinski definition) is 2. The molecule has 0 aromatic carbocycles. The van der Waals surface area contributed by atoms with Gasteiger partial charge in [-0.25, -0.2) is 4.98 Å². The first-order valence-corrected chi connectivity index (χ1v) is 9.34. The van der Waals surface area contributed by atoms with Crippen molar-refractivity contribution in [1.29, 1.82) is 0 Å². The molecule has 0 unspecified atom stereocenters. The molecule has 0 spiro atoms. The van der Waals surface area contributed by atoms with Gasteiger partial charge in [0, 0.05) is 17.8 Å². The van der Waals surface area contributed by atoms with Crippen LogP contribution in [0.25, 0.3) is 4.96 Å². The van der Waals surface area contributed by atoms with E-state index in [0.717, 1.165) is 10.5 Å². The highest BCUT2D eigenvalue weighted by Crippen LogP contribution is 2.38. The molecule has 1 fully saturated rings. The molecule has 0 bridgehead atoms. The minimum absolute atomic E-state index is 0.161. The van der Waals surface area contributed by atoms with Crippen LogP contribution >= 0.6 is 11.3 Å². The van der Waals surface area contributed by atoms with E-state index < -0.39 is 0 Å². The standard InChI is InChI=1S/C18H20N4O3S/c1-10-16(22-3-4-26-18(22)20-10)17(24)21-15(11-5-13(23)6-11)12-7-14(25-2)9-19-8-12/h3-4,7-9,11,13,15,23H,5-6H2,1-2H3,(H,21,24)/t11?,13?,15-/m1/s1. The first-order chi connectivity index (χ1) is 12.6. The number of fused-ring (bicyclic) bond motifs is 1. The van der Waals surface area contributed by atoms with E-state index in [4.69, 9.17) is 4.74 Å². The van der Waals surface area contributed by atoms with E-state index in [9.17, 15) is 9.90 Å². The lowest BCUT2D eigenvalue weighted by Gasteiger charge is -2.38. The van der Waals surface area contributed by atoms with Gasteiger partial charge in [0.1, 0.15) is 11.4 Å². The molecule has 1 amide bonds. The molecule has 136 valence electrons. The number of carbonyl (C=O) groups excluding carboxylic acids is 1. The highest BCUT2D eigenvalue weighted by Gasteiger charge is 2.36. The lowest BCUT2D eigenvalue weighted by molar-refractivity contribution is 0.0233. The Bertz CT molecular complexity index is 945. The molecule has 0 aliphatic heterocycles. The fourth-order valence-corrected chi connectivity index (χ4v) is 4.23. The topological polar surface area (TPSA) is 88.8 Å². The van der Waals surface area contributed by atoms with Gasteiger partial charge in [0.15, 0.2) is 4.96 Å². The summed E-state index contributed by atoms with van der Waals surface area (Å²) < 4.78 is 7.08. The maximum atomic E-state index is 13.0. The number of aryl methyl sites for hydroxylation is 1. The number of amides is 1. The molecule has 7 nitrogen and oxygen atoms in total. The molecule has 1 atom stereocenters. The van der Waals surface area contributed by atoms with E-state index in [1.165, 1.54) is 11.3 Å². The Labute approximate surface area is 154 Å². The highest BCUT2D eigenvalue weighted by atomic mass is 32.1. The largest absolute Gasteiger partial charge is 0.495 e. The molecule has 8 heteroatoms. The van der Waals surface area contributed by atoms with Crippen molar-refractivity contribution in [2.45, 2.75) is 31.9 Å². The Kier molecular flexibility index (Phi) is 4.37. The molecule has 1 aliphatic rings. The summed E-state index contributed by atoms with van der Waals surface area (Å²) in [6, 6.07) is 1.64. The van der Waals surface area contributed by atoms with Gasteiger partial charge in [-0.1, -0.05) is 0 Å². The van der Waals surface area contributed by atoms with Gasteiger partial charge >= 0.3 is 0 Å². The Morgan fingerprint density at radius 3 is 3.00 bits per heavy atom. The first kappa shape index (κ1) is 17.0. The Balaban J connectivity index is 1.65. The molecule has 26 heavy (non-hydrogen) atoms. The van der Waals surface area contributed by atoms with Gasteiger partial charge in [0.2, 0.25) is 0 Å². The van der Waals surface area contributed by atoms with Crippen LogP contribution in [0.4, 0.5) is 0 Å². The highest BCUT2D eigenvalue weighted by molar-refractivity contribution is 7.15. The van der Waals surface area contributed by atoms with Crippen LogP contribution in [0.1, 0.15) is 40.6 Å². The van der Waals surface area contributed by atoms with Gasteiger partial charge in [0.05, 0.1) is 31.1 Å². The first-order valence-electron chi connectivity index (χ1n) is 8.47. The number of aliphatic hydroxyl groups excluding tert-OH is 1. The molecule has 2 N–H and O–H groups in total. The maximum absolute atomic E-state index is 13.0. The minimum atomic E-state index is -0.307. The number of rotatable bonds is 5. The van der Waals surface area contributed by atoms with Crippen LogP contribution in [0, 0.1) is 12.8 Å². The van der Waals surface area contributed by atoms with Gasteiger partial charge in [-0.2, -0.15) is 0 Å². The van der Waals surface area contributed by atoms with E-state index in [0.29, 0.717) is 30.0 Å². The molecule has 3 heterocycles. The number of imidazole rings is 1. The second-order valence-corrected chi connectivity index (χ2v) is 7.47. The number of methoxy groups -OCH3 is 1. The third kappa shape index (κ3) is 2.95. The summed E-state index contributed by atoms with van der Waals surface area (Å²) in [4.78, 5) is 22.5. The molecule has 0 saturated heterocycles. The lowest BCUT2D eigenvalue weighted by atomic mass is 9.75. The van der Waals surface area contributed by atoms with Gasteiger partial charge < -0.3 is 15.2 Å². The second-order valence-electron chi connectivity index (χ2n) is 6.60. The van der Waals surface area contributed by atoms with E-state index >= 15 is 0 Å². The van der Waals surface area contributed by atoms with Crippen LogP contribution in [0.15, 0.2) is 30.0 Å². The summed E-state index contributed by atoms with van der Waals surface area (Å²) in [5, 5.41) is 14.8. The molecule has 3 aromatic heterocycles. The number of thiazole rings is 1. The smallest absolute Gasteiger partial charge is 0.270 e. The summed E-state index contributed by atoms with van der Waals surface area (Å²) in [5.41, 5.74) is 2.12. The van der Waals surface area contributed by atoms with Crippen molar-refractivity contribution in [3.8, 4) is 5.75 Å². The van der Waals surface area contributed by atoms with Crippen LogP contribution in [0.3, 0.4) is 0 Å². The Hall–Kier alpha value is -2.45. The zero-order valence-corrected chi connectivity index (χ0v) is 15.4. The Morgan fingerprint density at radius 1 is 1.46 bits per heavy atom.